The van der Waals surface area contributed by atoms with Gasteiger partial charge in [-0.05, 0) is 13.3 Å². The van der Waals surface area contributed by atoms with E-state index in [1.54, 1.807) is 0 Å². The predicted molar refractivity (Wildman–Crippen MR) is 88.3 cm³/mol. The molecule has 23 heavy (non-hydrogen) atoms. The maximum absolute atomic E-state index is 9.88. The fourth-order valence-corrected chi connectivity index (χ4v) is 1.89. The van der Waals surface area contributed by atoms with Crippen molar-refractivity contribution in [3.8, 4) is 0 Å². The van der Waals surface area contributed by atoms with Crippen LogP contribution in [-0.2, 0) is 14.2 Å². The van der Waals surface area contributed by atoms with Crippen LogP contribution in [0.1, 0.15) is 20.3 Å². The molecule has 0 aromatic rings. The Kier molecular flexibility index (Phi) is 12.9. The summed E-state index contributed by atoms with van der Waals surface area (Å²) in [5.41, 5.74) is 0. The summed E-state index contributed by atoms with van der Waals surface area (Å²) in [5, 5.41) is 29.2. The molecule has 0 saturated carbocycles. The molecule has 0 bridgehead atoms. The molecule has 0 fully saturated rings. The maximum atomic E-state index is 9.88. The topological polar surface area (TPSA) is 88.4 Å². The standard InChI is InChI=1S/C16H36NO6/c1-5-7-21-10-15(19)11-23-13-16(20)12-22-9-14(18)8-17(3,4)6-2/h14-16,18-20H,5-13H2,1-4H3/q+1. The highest BCUT2D eigenvalue weighted by Crippen LogP contribution is 2.00. The van der Waals surface area contributed by atoms with Gasteiger partial charge in [0.1, 0.15) is 24.9 Å². The molecule has 0 amide bonds. The third-order valence-electron chi connectivity index (χ3n) is 3.46. The van der Waals surface area contributed by atoms with Crippen LogP contribution in [-0.4, -0.2) is 105 Å². The third kappa shape index (κ3) is 13.8. The summed E-state index contributed by atoms with van der Waals surface area (Å²) >= 11 is 0. The average molecular weight is 338 g/mol. The third-order valence-corrected chi connectivity index (χ3v) is 3.46. The summed E-state index contributed by atoms with van der Waals surface area (Å²) in [6.07, 6.45) is -1.12. The van der Waals surface area contributed by atoms with E-state index in [-0.39, 0.29) is 33.0 Å². The molecule has 140 valence electrons. The smallest absolute Gasteiger partial charge is 0.126 e. The summed E-state index contributed by atoms with van der Waals surface area (Å²) in [6, 6.07) is 0. The lowest BCUT2D eigenvalue weighted by atomic mass is 10.3. The molecule has 0 heterocycles. The van der Waals surface area contributed by atoms with E-state index < -0.39 is 18.3 Å². The van der Waals surface area contributed by atoms with Crippen molar-refractivity contribution in [3.63, 3.8) is 0 Å². The van der Waals surface area contributed by atoms with Crippen molar-refractivity contribution >= 4 is 0 Å². The first-order valence-corrected chi connectivity index (χ1v) is 8.40. The summed E-state index contributed by atoms with van der Waals surface area (Å²) in [5.74, 6) is 0. The molecule has 0 spiro atoms. The number of ether oxygens (including phenoxy) is 3. The number of hydrogen-bond acceptors (Lipinski definition) is 6. The largest absolute Gasteiger partial charge is 0.388 e. The number of aliphatic hydroxyl groups is 3. The van der Waals surface area contributed by atoms with E-state index in [2.05, 4.69) is 6.92 Å². The van der Waals surface area contributed by atoms with Crippen molar-refractivity contribution in [3.05, 3.63) is 0 Å². The van der Waals surface area contributed by atoms with Crippen molar-refractivity contribution in [1.82, 2.24) is 0 Å². The van der Waals surface area contributed by atoms with E-state index in [4.69, 9.17) is 14.2 Å². The van der Waals surface area contributed by atoms with Gasteiger partial charge in [0.05, 0.1) is 53.7 Å². The highest BCUT2D eigenvalue weighted by Gasteiger charge is 2.19. The van der Waals surface area contributed by atoms with E-state index in [1.165, 1.54) is 0 Å². The van der Waals surface area contributed by atoms with E-state index in [1.807, 2.05) is 21.0 Å². The van der Waals surface area contributed by atoms with Gasteiger partial charge in [-0.25, -0.2) is 0 Å². The quantitative estimate of drug-likeness (QED) is 0.279. The molecule has 3 unspecified atom stereocenters. The van der Waals surface area contributed by atoms with Gasteiger partial charge in [0.15, 0.2) is 0 Å². The van der Waals surface area contributed by atoms with Crippen LogP contribution in [0.2, 0.25) is 0 Å². The van der Waals surface area contributed by atoms with E-state index >= 15 is 0 Å². The number of likely N-dealkylation sites (N-methyl/N-ethyl adjacent to an activating group) is 1. The lowest BCUT2D eigenvalue weighted by Gasteiger charge is -2.30. The average Bonchev–Trinajstić information content (AvgIpc) is 2.47. The molecule has 0 aromatic heterocycles. The second-order valence-corrected chi connectivity index (χ2v) is 6.55. The first-order chi connectivity index (χ1) is 10.8. The zero-order valence-corrected chi connectivity index (χ0v) is 15.1. The number of quaternary nitrogens is 1. The van der Waals surface area contributed by atoms with Gasteiger partial charge < -0.3 is 34.0 Å². The van der Waals surface area contributed by atoms with Crippen LogP contribution in [0, 0.1) is 0 Å². The lowest BCUT2D eigenvalue weighted by molar-refractivity contribution is -0.891. The first-order valence-electron chi connectivity index (χ1n) is 8.40. The zero-order chi connectivity index (χ0) is 17.7. The number of aliphatic hydroxyl groups excluding tert-OH is 3. The SMILES string of the molecule is CCCOCC(O)COCC(O)COCC(O)C[N+](C)(C)CC. The Labute approximate surface area is 140 Å². The van der Waals surface area contributed by atoms with Crippen LogP contribution < -0.4 is 0 Å². The fraction of sp³-hybridized carbons (Fsp3) is 1.00. The summed E-state index contributed by atoms with van der Waals surface area (Å²) in [7, 11) is 4.09. The predicted octanol–water partition coefficient (Wildman–Crippen LogP) is -0.375. The van der Waals surface area contributed by atoms with Crippen molar-refractivity contribution in [2.75, 3.05) is 66.8 Å². The van der Waals surface area contributed by atoms with Crippen molar-refractivity contribution in [1.29, 1.82) is 0 Å². The molecule has 7 nitrogen and oxygen atoms in total. The minimum absolute atomic E-state index is 0.0808. The monoisotopic (exact) mass is 338 g/mol. The number of nitrogens with zero attached hydrogens (tertiary/aromatic N) is 1. The minimum Gasteiger partial charge on any atom is -0.388 e. The van der Waals surface area contributed by atoms with Crippen LogP contribution >= 0.6 is 0 Å². The molecule has 0 aliphatic rings. The minimum atomic E-state index is -0.778. The highest BCUT2D eigenvalue weighted by molar-refractivity contribution is 4.57. The van der Waals surface area contributed by atoms with Gasteiger partial charge >= 0.3 is 0 Å². The van der Waals surface area contributed by atoms with Crippen molar-refractivity contribution in [2.24, 2.45) is 0 Å². The van der Waals surface area contributed by atoms with Gasteiger partial charge in [0.2, 0.25) is 0 Å². The molecular weight excluding hydrogens is 302 g/mol. The molecule has 0 saturated heterocycles. The zero-order valence-electron chi connectivity index (χ0n) is 15.1. The molecule has 0 radical (unpaired) electrons. The molecule has 7 heteroatoms. The summed E-state index contributed by atoms with van der Waals surface area (Å²) in [6.45, 7) is 6.93. The van der Waals surface area contributed by atoms with E-state index in [9.17, 15) is 15.3 Å². The van der Waals surface area contributed by atoms with E-state index in [0.717, 1.165) is 13.0 Å². The van der Waals surface area contributed by atoms with Crippen molar-refractivity contribution < 1.29 is 34.0 Å². The second-order valence-electron chi connectivity index (χ2n) is 6.55. The molecular formula is C16H36NO6+. The molecule has 0 aromatic carbocycles. The Morgan fingerprint density at radius 2 is 1.17 bits per heavy atom. The normalized spacial score (nSPS) is 16.3. The Balaban J connectivity index is 3.62. The van der Waals surface area contributed by atoms with Gasteiger partial charge in [-0.3, -0.25) is 0 Å². The van der Waals surface area contributed by atoms with Crippen molar-refractivity contribution in [2.45, 2.75) is 38.6 Å². The first kappa shape index (κ1) is 22.7. The van der Waals surface area contributed by atoms with Crippen LogP contribution in [0.5, 0.6) is 0 Å². The van der Waals surface area contributed by atoms with E-state index in [0.29, 0.717) is 17.6 Å². The fourth-order valence-electron chi connectivity index (χ4n) is 1.89. The van der Waals surface area contributed by atoms with Crippen LogP contribution in [0.15, 0.2) is 0 Å². The van der Waals surface area contributed by atoms with Crippen LogP contribution in [0.25, 0.3) is 0 Å². The lowest BCUT2D eigenvalue weighted by Crippen LogP contribution is -2.46. The molecule has 3 atom stereocenters. The Bertz CT molecular complexity index is 277. The second kappa shape index (κ2) is 13.1. The van der Waals surface area contributed by atoms with Gasteiger partial charge in [-0.2, -0.15) is 0 Å². The van der Waals surface area contributed by atoms with Gasteiger partial charge in [0.25, 0.3) is 0 Å². The maximum Gasteiger partial charge on any atom is 0.126 e. The molecule has 0 rings (SSSR count). The molecule has 3 N–H and O–H groups in total. The van der Waals surface area contributed by atoms with Gasteiger partial charge in [0, 0.05) is 6.61 Å². The summed E-state index contributed by atoms with van der Waals surface area (Å²) < 4.78 is 16.4. The highest BCUT2D eigenvalue weighted by atomic mass is 16.5. The van der Waals surface area contributed by atoms with Crippen LogP contribution in [0.3, 0.4) is 0 Å². The van der Waals surface area contributed by atoms with Crippen LogP contribution in [0.4, 0.5) is 0 Å². The Hall–Kier alpha value is -0.280. The summed E-state index contributed by atoms with van der Waals surface area (Å²) in [4.78, 5) is 0. The number of hydrogen-bond donors (Lipinski definition) is 3. The molecule has 0 aliphatic carbocycles. The Morgan fingerprint density at radius 3 is 1.61 bits per heavy atom. The van der Waals surface area contributed by atoms with Gasteiger partial charge in [-0.1, -0.05) is 6.92 Å². The Morgan fingerprint density at radius 1 is 0.739 bits per heavy atom. The molecule has 0 aliphatic heterocycles. The van der Waals surface area contributed by atoms with Gasteiger partial charge in [-0.15, -0.1) is 0 Å². The number of rotatable bonds is 15.